The van der Waals surface area contributed by atoms with Gasteiger partial charge in [-0.2, -0.15) is 39.3 Å². The first kappa shape index (κ1) is 105. The van der Waals surface area contributed by atoms with Crippen LogP contribution in [0.15, 0.2) is 259 Å². The van der Waals surface area contributed by atoms with E-state index in [1.165, 1.54) is 36.2 Å². The molecular formula is C95H92Cl5IN36O6. The lowest BCUT2D eigenvalue weighted by Gasteiger charge is -2.13. The molecule has 0 radical (unpaired) electrons. The van der Waals surface area contributed by atoms with Gasteiger partial charge in [0.1, 0.15) is 32.6 Å². The predicted molar refractivity (Wildman–Crippen MR) is 558 cm³/mol. The molecule has 42 nitrogen and oxygen atoms in total. The molecule has 0 bridgehead atoms. The second-order valence-corrected chi connectivity index (χ2v) is 32.5. The fraction of sp³-hybridized carbons (Fsp3) is 0.158. The van der Waals surface area contributed by atoms with Gasteiger partial charge in [-0.25, -0.2) is 24.2 Å². The van der Waals surface area contributed by atoms with E-state index in [2.05, 4.69) is 147 Å². The number of tetrazole rings is 5. The van der Waals surface area contributed by atoms with E-state index in [-0.39, 0.29) is 24.2 Å². The Kier molecular flexibility index (Phi) is 37.4. The summed E-state index contributed by atoms with van der Waals surface area (Å²) >= 11 is 25.4. The van der Waals surface area contributed by atoms with Crippen molar-refractivity contribution in [3.05, 3.63) is 313 Å². The molecule has 1 fully saturated rings. The topological polar surface area (TPSA) is 513 Å². The van der Waals surface area contributed by atoms with Crippen molar-refractivity contribution in [2.24, 2.45) is 68.8 Å². The summed E-state index contributed by atoms with van der Waals surface area (Å²) in [4.78, 5) is 32.0. The largest absolute Gasteiger partial charge is 0.495 e. The molecule has 10 aromatic heterocycles. The fourth-order valence-corrected chi connectivity index (χ4v) is 15.2. The molecule has 0 saturated heterocycles. The number of nitrogens with two attached hydrogens (primary N) is 4. The average molecular weight is 2140 g/mol. The van der Waals surface area contributed by atoms with Gasteiger partial charge in [-0.15, -0.1) is 68.5 Å². The summed E-state index contributed by atoms with van der Waals surface area (Å²) in [5.41, 5.74) is 31.8. The molecule has 19 aromatic rings. The molecule has 0 spiro atoms. The highest BCUT2D eigenvalue weighted by Gasteiger charge is 2.28. The third-order valence-electron chi connectivity index (χ3n) is 20.4. The number of hydrazone groups is 2. The number of halogens is 6. The van der Waals surface area contributed by atoms with Crippen molar-refractivity contribution in [2.45, 2.75) is 26.2 Å². The zero-order valence-corrected chi connectivity index (χ0v) is 84.3. The molecule has 10 heterocycles. The van der Waals surface area contributed by atoms with Crippen molar-refractivity contribution in [3.63, 3.8) is 0 Å². The van der Waals surface area contributed by atoms with Crippen LogP contribution in [-0.2, 0) is 46.5 Å². The molecule has 730 valence electrons. The van der Waals surface area contributed by atoms with Gasteiger partial charge in [-0.1, -0.05) is 205 Å². The van der Waals surface area contributed by atoms with Crippen molar-refractivity contribution in [2.75, 3.05) is 52.1 Å². The molecule has 1 amide bonds. The van der Waals surface area contributed by atoms with Crippen LogP contribution >= 0.6 is 81.4 Å². The first-order valence-corrected chi connectivity index (χ1v) is 45.3. The molecule has 0 aliphatic heterocycles. The van der Waals surface area contributed by atoms with Crippen LogP contribution in [0.4, 0.5) is 22.9 Å². The van der Waals surface area contributed by atoms with Crippen LogP contribution in [0.3, 0.4) is 0 Å². The highest BCUT2D eigenvalue weighted by molar-refractivity contribution is 14.1. The van der Waals surface area contributed by atoms with Crippen LogP contribution in [0.5, 0.6) is 28.7 Å². The number of fused-ring (bicyclic) bond motifs is 2. The summed E-state index contributed by atoms with van der Waals surface area (Å²) in [5.74, 6) is 16.9. The van der Waals surface area contributed by atoms with Crippen molar-refractivity contribution in [1.29, 1.82) is 0 Å². The standard InChI is InChI=1S/C22H20N6O.C17H16ClN7O.C15H13ClN8O.C13H12N2.C9H9IN4O.C9H12N6O.C6H2Cl2N2.C4H7NO.ClH/c1-28-26-22(25-27-28)18-14-9-15-19(21(18)29-2)23-24-20(16-10-5-3-6-11-16)17-12-7-4-8-13-17;1-4-12-11-9-19-15(18)8-14(11)25(21-12)13-7-5-6-10(16(13)26-3)17-20-23-24(2)22-17;1-23-21-15(19-22-23)8-4-3-5-10(13(8)25-2)24-11-6-12(16)18-7-9(11)14(17)20-24;14-15-13(11-7-3-1-4-8-11)12-9-5-2-6-10-12;1-14-12-9(11-13-14)6-4-3-5-7(10)8(6)15-2;1-15-13-9(12-14-15)6-4-3-5-7(11-10)8(6)16-2;1-9-5-3-10-6(8)2-4(5)7;5-4(6)3-1-2-3;/h3-15,23H,1-2H3;5-9H,4H2,1-3H3;3-7H,1-2H3,(H2,17,20);1-10H,14H2;3-5H,1-2H3;3-5,11H,10H2,1-2H3;2-3H;3H,1-2H2,(H2,5,6);1H. The van der Waals surface area contributed by atoms with E-state index in [9.17, 15) is 4.79 Å². The predicted octanol–water partition coefficient (Wildman–Crippen LogP) is 15.7. The number of hydrogen-bond donors (Lipinski definition) is 6. The molecule has 48 heteroatoms. The SMILES string of the molecule is CCc1nn(-c2cccc(-c3nnn(C)n3)c2OC)c2cc(Cl)ncc12.COc1c(-c2nnn(C)n2)cccc1-n1nc(N)c2cnc(Cl)cc21.COc1c(I)cccc1-c1nnn(C)n1.COc1c(NN)cccc1-c1nnn(C)n1.COc1c(NN=C(c2ccccc2)c2ccccc2)cccc1-c1nnn(C)n1.Cl.NC(=O)C1CC1.NN=C(c1ccccc1)c1ccccc1.[C-]#[N+]c1cnc(Cl)cc1Cl. The lowest BCUT2D eigenvalue weighted by molar-refractivity contribution is -0.119. The Morgan fingerprint density at radius 2 is 0.804 bits per heavy atom. The molecule has 0 atom stereocenters. The van der Waals surface area contributed by atoms with E-state index in [1.807, 2.05) is 211 Å². The first-order chi connectivity index (χ1) is 68.9. The number of carbonyl (C=O) groups is 1. The van der Waals surface area contributed by atoms with Gasteiger partial charge in [-0.05, 0) is 135 Å². The van der Waals surface area contributed by atoms with Crippen molar-refractivity contribution in [3.8, 4) is 97.1 Å². The number of hydrazine groups is 1. The minimum atomic E-state index is -0.130. The van der Waals surface area contributed by atoms with E-state index in [0.29, 0.717) is 112 Å². The van der Waals surface area contributed by atoms with Gasteiger partial charge in [0, 0.05) is 64.3 Å². The number of ether oxygens (including phenoxy) is 5. The smallest absolute Gasteiger partial charge is 0.223 e. The number of amides is 1. The van der Waals surface area contributed by atoms with Gasteiger partial charge in [0.25, 0.3) is 0 Å². The molecular weight excluding hydrogens is 2050 g/mol. The van der Waals surface area contributed by atoms with E-state index in [4.69, 9.17) is 110 Å². The number of rotatable bonds is 21. The van der Waals surface area contributed by atoms with Crippen LogP contribution < -0.4 is 57.7 Å². The van der Waals surface area contributed by atoms with Gasteiger partial charge >= 0.3 is 0 Å². The molecule has 20 rings (SSSR count). The van der Waals surface area contributed by atoms with Gasteiger partial charge < -0.3 is 46.4 Å². The van der Waals surface area contributed by atoms with Crippen molar-refractivity contribution in [1.82, 2.24) is 136 Å². The second kappa shape index (κ2) is 50.8. The number of hydrogen-bond acceptors (Lipinski definition) is 33. The molecule has 0 unspecified atom stereocenters. The second-order valence-electron chi connectivity index (χ2n) is 29.8. The zero-order chi connectivity index (χ0) is 101. The van der Waals surface area contributed by atoms with Crippen molar-refractivity contribution >= 4 is 143 Å². The number of nitrogens with one attached hydrogen (secondary N) is 2. The molecule has 1 saturated carbocycles. The molecule has 1 aliphatic carbocycles. The van der Waals surface area contributed by atoms with Gasteiger partial charge in [-0.3, -0.25) is 21.0 Å². The fourth-order valence-electron chi connectivity index (χ4n) is 13.7. The van der Waals surface area contributed by atoms with Crippen LogP contribution in [0, 0.1) is 16.1 Å². The van der Waals surface area contributed by atoms with Gasteiger partial charge in [0.2, 0.25) is 40.7 Å². The lowest BCUT2D eigenvalue weighted by atomic mass is 10.0. The molecule has 143 heavy (non-hydrogen) atoms. The normalized spacial score (nSPS) is 10.8. The summed E-state index contributed by atoms with van der Waals surface area (Å²) in [5, 5.41) is 81.1. The minimum absolute atomic E-state index is 0. The number of nitrogens with zero attached hydrogens (tertiary/aromatic N) is 30. The highest BCUT2D eigenvalue weighted by Crippen LogP contribution is 2.41. The highest BCUT2D eigenvalue weighted by atomic mass is 127. The number of anilines is 3. The number of aromatic nitrogens is 27. The molecule has 10 N–H and O–H groups in total. The Bertz CT molecular complexity index is 7530. The maximum atomic E-state index is 9.98. The average Bonchev–Trinajstić information content (AvgIpc) is 1.62. The number of para-hydroxylation sites is 5. The van der Waals surface area contributed by atoms with E-state index in [0.717, 1.165) is 112 Å². The van der Waals surface area contributed by atoms with E-state index < -0.39 is 0 Å². The van der Waals surface area contributed by atoms with Gasteiger partial charge in [0.05, 0.1) is 159 Å². The number of aryl methyl sites for hydroxylation is 6. The summed E-state index contributed by atoms with van der Waals surface area (Å²) in [6, 6.07) is 73.2. The summed E-state index contributed by atoms with van der Waals surface area (Å²) in [6.45, 7) is 8.67. The Morgan fingerprint density at radius 1 is 0.455 bits per heavy atom. The van der Waals surface area contributed by atoms with Crippen LogP contribution in [0.2, 0.25) is 20.5 Å². The Balaban J connectivity index is 0.000000150. The maximum absolute atomic E-state index is 9.98. The van der Waals surface area contributed by atoms with Crippen molar-refractivity contribution < 1.29 is 28.5 Å². The number of primary amides is 1. The third-order valence-corrected chi connectivity index (χ3v) is 22.1. The quantitative estimate of drug-likeness (QED) is 0.00971. The molecule has 9 aromatic carbocycles. The third kappa shape index (κ3) is 26.7. The van der Waals surface area contributed by atoms with Crippen LogP contribution in [-0.4, -0.2) is 188 Å². The number of benzene rings is 9. The minimum Gasteiger partial charge on any atom is -0.495 e. The lowest BCUT2D eigenvalue weighted by Crippen LogP contribution is -2.11. The maximum Gasteiger partial charge on any atom is 0.223 e. The number of carbonyl (C=O) groups excluding carboxylic acids is 1. The van der Waals surface area contributed by atoms with E-state index >= 15 is 0 Å². The zero-order valence-electron chi connectivity index (χ0n) is 78.3. The Hall–Kier alpha value is -16.6. The van der Waals surface area contributed by atoms with Crippen LogP contribution in [0.25, 0.3) is 95.0 Å². The summed E-state index contributed by atoms with van der Waals surface area (Å²) < 4.78 is 32.0. The summed E-state index contributed by atoms with van der Waals surface area (Å²) in [6.07, 6.45) is 7.51. The Morgan fingerprint density at radius 3 is 1.16 bits per heavy atom. The van der Waals surface area contributed by atoms with E-state index in [1.54, 1.807) is 106 Å². The number of methoxy groups -OCH3 is 5. The number of pyridine rings is 3. The molecule has 1 aliphatic rings. The number of nitrogen functional groups attached to an aromatic ring is 2. The first-order valence-electron chi connectivity index (χ1n) is 42.7. The van der Waals surface area contributed by atoms with Gasteiger partial charge in [0.15, 0.2) is 28.8 Å². The van der Waals surface area contributed by atoms with Crippen LogP contribution in [0.1, 0.15) is 47.7 Å². The monoisotopic (exact) mass is 2130 g/mol. The Labute approximate surface area is 858 Å². The summed E-state index contributed by atoms with van der Waals surface area (Å²) in [7, 11) is 16.6.